The number of carbonyl (C=O) groups is 1. The van der Waals surface area contributed by atoms with E-state index in [0.717, 1.165) is 42.6 Å². The van der Waals surface area contributed by atoms with Crippen molar-refractivity contribution in [1.82, 2.24) is 10.1 Å². The molecule has 4 rings (SSSR count). The van der Waals surface area contributed by atoms with Gasteiger partial charge in [-0.15, -0.1) is 0 Å². The van der Waals surface area contributed by atoms with Crippen molar-refractivity contribution < 1.29 is 14.1 Å². The van der Waals surface area contributed by atoms with Crippen LogP contribution in [-0.2, 0) is 4.79 Å². The van der Waals surface area contributed by atoms with Crippen molar-refractivity contribution in [3.63, 3.8) is 0 Å². The van der Waals surface area contributed by atoms with Gasteiger partial charge in [0.2, 0.25) is 11.7 Å². The summed E-state index contributed by atoms with van der Waals surface area (Å²) in [6.45, 7) is 0. The molecule has 0 saturated heterocycles. The van der Waals surface area contributed by atoms with Crippen LogP contribution in [0.25, 0.3) is 22.8 Å². The molecule has 1 aromatic heterocycles. The highest BCUT2D eigenvalue weighted by molar-refractivity contribution is 5.96. The second-order valence-corrected chi connectivity index (χ2v) is 7.02. The summed E-state index contributed by atoms with van der Waals surface area (Å²) in [5.74, 6) is 1.79. The highest BCUT2D eigenvalue weighted by Crippen LogP contribution is 2.31. The number of hydrogen-bond acceptors (Lipinski definition) is 5. The van der Waals surface area contributed by atoms with Crippen molar-refractivity contribution in [1.29, 1.82) is 0 Å². The number of hydrogen-bond donors (Lipinski definition) is 1. The number of ether oxygens (including phenoxy) is 1. The molecule has 1 aliphatic rings. The maximum absolute atomic E-state index is 12.6. The molecule has 3 aromatic rings. The molecule has 144 valence electrons. The third kappa shape index (κ3) is 3.91. The number of benzene rings is 2. The molecule has 0 radical (unpaired) electrons. The van der Waals surface area contributed by atoms with Gasteiger partial charge >= 0.3 is 0 Å². The van der Waals surface area contributed by atoms with Gasteiger partial charge in [0, 0.05) is 11.5 Å². The van der Waals surface area contributed by atoms with Crippen molar-refractivity contribution in [2.24, 2.45) is 5.92 Å². The molecular formula is C22H23N3O3. The summed E-state index contributed by atoms with van der Waals surface area (Å²) < 4.78 is 10.7. The zero-order chi connectivity index (χ0) is 19.3. The predicted octanol–water partition coefficient (Wildman–Crippen LogP) is 4.93. The first-order valence-electron chi connectivity index (χ1n) is 9.63. The van der Waals surface area contributed by atoms with Crippen molar-refractivity contribution >= 4 is 11.6 Å². The van der Waals surface area contributed by atoms with Gasteiger partial charge < -0.3 is 14.6 Å². The molecule has 6 nitrogen and oxygen atoms in total. The van der Waals surface area contributed by atoms with Crippen LogP contribution in [0.5, 0.6) is 5.75 Å². The third-order valence-electron chi connectivity index (χ3n) is 5.17. The Morgan fingerprint density at radius 3 is 2.57 bits per heavy atom. The Labute approximate surface area is 163 Å². The normalized spacial score (nSPS) is 14.6. The second-order valence-electron chi connectivity index (χ2n) is 7.02. The third-order valence-corrected chi connectivity index (χ3v) is 5.17. The molecule has 0 atom stereocenters. The van der Waals surface area contributed by atoms with E-state index < -0.39 is 0 Å². The molecule has 0 spiro atoms. The fourth-order valence-corrected chi connectivity index (χ4v) is 3.57. The van der Waals surface area contributed by atoms with Gasteiger partial charge in [-0.2, -0.15) is 4.98 Å². The van der Waals surface area contributed by atoms with E-state index in [-0.39, 0.29) is 11.8 Å². The number of nitrogens with one attached hydrogen (secondary N) is 1. The summed E-state index contributed by atoms with van der Waals surface area (Å²) >= 11 is 0. The zero-order valence-electron chi connectivity index (χ0n) is 15.9. The molecule has 0 bridgehead atoms. The zero-order valence-corrected chi connectivity index (χ0v) is 15.9. The average molecular weight is 377 g/mol. The number of amides is 1. The smallest absolute Gasteiger partial charge is 0.260 e. The highest BCUT2D eigenvalue weighted by Gasteiger charge is 2.22. The fourth-order valence-electron chi connectivity index (χ4n) is 3.57. The van der Waals surface area contributed by atoms with Gasteiger partial charge in [0.25, 0.3) is 5.89 Å². The van der Waals surface area contributed by atoms with Crippen molar-refractivity contribution in [2.45, 2.75) is 32.1 Å². The quantitative estimate of drug-likeness (QED) is 0.682. The SMILES string of the molecule is COc1ccc(-c2noc(-c3ccccc3NC(=O)C3CCCCC3)n2)cc1. The Kier molecular flexibility index (Phi) is 5.37. The number of rotatable bonds is 5. The lowest BCUT2D eigenvalue weighted by atomic mass is 9.88. The van der Waals surface area contributed by atoms with Crippen LogP contribution in [0.15, 0.2) is 53.1 Å². The lowest BCUT2D eigenvalue weighted by molar-refractivity contribution is -0.120. The van der Waals surface area contributed by atoms with Gasteiger partial charge in [-0.25, -0.2) is 0 Å². The summed E-state index contributed by atoms with van der Waals surface area (Å²) in [6.07, 6.45) is 5.37. The molecule has 1 fully saturated rings. The molecular weight excluding hydrogens is 354 g/mol. The van der Waals surface area contributed by atoms with Gasteiger partial charge in [0.05, 0.1) is 18.4 Å². The predicted molar refractivity (Wildman–Crippen MR) is 107 cm³/mol. The summed E-state index contributed by atoms with van der Waals surface area (Å²) in [6, 6.07) is 15.0. The average Bonchev–Trinajstić information content (AvgIpc) is 3.25. The van der Waals surface area contributed by atoms with E-state index in [1.54, 1.807) is 7.11 Å². The van der Waals surface area contributed by atoms with Crippen LogP contribution in [0.3, 0.4) is 0 Å². The Balaban J connectivity index is 1.56. The minimum absolute atomic E-state index is 0.0713. The molecule has 2 aromatic carbocycles. The number of para-hydroxylation sites is 1. The standard InChI is InChI=1S/C22H23N3O3/c1-27-17-13-11-15(12-14-17)20-24-22(28-25-20)18-9-5-6-10-19(18)23-21(26)16-7-3-2-4-8-16/h5-6,9-14,16H,2-4,7-8H2,1H3,(H,23,26). The number of nitrogens with zero attached hydrogens (tertiary/aromatic N) is 2. The van der Waals surface area contributed by atoms with E-state index in [1.165, 1.54) is 6.42 Å². The first kappa shape index (κ1) is 18.2. The van der Waals surface area contributed by atoms with Crippen molar-refractivity contribution in [3.05, 3.63) is 48.5 Å². The molecule has 1 aliphatic carbocycles. The minimum atomic E-state index is 0.0713. The molecule has 0 aliphatic heterocycles. The Hall–Kier alpha value is -3.15. The van der Waals surface area contributed by atoms with E-state index >= 15 is 0 Å². The maximum atomic E-state index is 12.6. The summed E-state index contributed by atoms with van der Waals surface area (Å²) in [4.78, 5) is 17.2. The second kappa shape index (κ2) is 8.25. The van der Waals surface area contributed by atoms with Crippen LogP contribution >= 0.6 is 0 Å². The van der Waals surface area contributed by atoms with Crippen LogP contribution in [0.1, 0.15) is 32.1 Å². The highest BCUT2D eigenvalue weighted by atomic mass is 16.5. The molecule has 6 heteroatoms. The lowest BCUT2D eigenvalue weighted by Gasteiger charge is -2.21. The monoisotopic (exact) mass is 377 g/mol. The molecule has 1 saturated carbocycles. The minimum Gasteiger partial charge on any atom is -0.497 e. The Morgan fingerprint density at radius 1 is 1.07 bits per heavy atom. The Bertz CT molecular complexity index is 944. The van der Waals surface area contributed by atoms with Gasteiger partial charge in [0.1, 0.15) is 5.75 Å². The van der Waals surface area contributed by atoms with Crippen molar-refractivity contribution in [3.8, 4) is 28.6 Å². The molecule has 1 amide bonds. The molecule has 1 N–H and O–H groups in total. The maximum Gasteiger partial charge on any atom is 0.260 e. The number of methoxy groups -OCH3 is 1. The van der Waals surface area contributed by atoms with Gasteiger partial charge in [-0.05, 0) is 49.2 Å². The largest absolute Gasteiger partial charge is 0.497 e. The first-order chi connectivity index (χ1) is 13.7. The molecule has 1 heterocycles. The van der Waals surface area contributed by atoms with Crippen molar-refractivity contribution in [2.75, 3.05) is 12.4 Å². The van der Waals surface area contributed by atoms with E-state index in [9.17, 15) is 4.79 Å². The van der Waals surface area contributed by atoms with Crippen LogP contribution in [-0.4, -0.2) is 23.2 Å². The summed E-state index contributed by atoms with van der Waals surface area (Å²) in [5.41, 5.74) is 2.25. The fraction of sp³-hybridized carbons (Fsp3) is 0.318. The number of anilines is 1. The first-order valence-corrected chi connectivity index (χ1v) is 9.63. The van der Waals surface area contributed by atoms with Crippen LogP contribution in [0.4, 0.5) is 5.69 Å². The van der Waals surface area contributed by atoms with Gasteiger partial charge in [-0.3, -0.25) is 4.79 Å². The van der Waals surface area contributed by atoms with Crippen LogP contribution in [0, 0.1) is 5.92 Å². The summed E-state index contributed by atoms with van der Waals surface area (Å²) in [5, 5.41) is 7.15. The van der Waals surface area contributed by atoms with Gasteiger partial charge in [-0.1, -0.05) is 36.6 Å². The molecule has 28 heavy (non-hydrogen) atoms. The number of carbonyl (C=O) groups excluding carboxylic acids is 1. The number of aromatic nitrogens is 2. The summed E-state index contributed by atoms with van der Waals surface area (Å²) in [7, 11) is 1.63. The van der Waals surface area contributed by atoms with Crippen LogP contribution < -0.4 is 10.1 Å². The van der Waals surface area contributed by atoms with E-state index in [2.05, 4.69) is 15.5 Å². The Morgan fingerprint density at radius 2 is 1.82 bits per heavy atom. The van der Waals surface area contributed by atoms with Crippen LogP contribution in [0.2, 0.25) is 0 Å². The lowest BCUT2D eigenvalue weighted by Crippen LogP contribution is -2.24. The topological polar surface area (TPSA) is 77.3 Å². The van der Waals surface area contributed by atoms with Gasteiger partial charge in [0.15, 0.2) is 0 Å². The molecule has 0 unspecified atom stereocenters. The van der Waals surface area contributed by atoms with E-state index in [1.807, 2.05) is 48.5 Å². The van der Waals surface area contributed by atoms with E-state index in [4.69, 9.17) is 9.26 Å². The van der Waals surface area contributed by atoms with E-state index in [0.29, 0.717) is 17.4 Å².